The number of hydrogen-bond donors (Lipinski definition) is 0. The van der Waals surface area contributed by atoms with Crippen LogP contribution in [0.4, 0.5) is 5.69 Å². The first-order valence-electron chi connectivity index (χ1n) is 10.3. The molecule has 3 heterocycles. The van der Waals surface area contributed by atoms with Crippen LogP contribution in [0.1, 0.15) is 25.2 Å². The van der Waals surface area contributed by atoms with Gasteiger partial charge >= 0.3 is 0 Å². The van der Waals surface area contributed by atoms with Gasteiger partial charge in [0.25, 0.3) is 5.56 Å². The molecule has 1 saturated heterocycles. The van der Waals surface area contributed by atoms with E-state index in [2.05, 4.69) is 34.3 Å². The van der Waals surface area contributed by atoms with Crippen molar-refractivity contribution < 1.29 is 8.42 Å². The summed E-state index contributed by atoms with van der Waals surface area (Å²) in [6.45, 7) is 8.33. The lowest BCUT2D eigenvalue weighted by atomic mass is 10.2. The molecule has 9 heteroatoms. The molecule has 1 aliphatic heterocycles. The van der Waals surface area contributed by atoms with Gasteiger partial charge in [0.1, 0.15) is 16.2 Å². The third-order valence-corrected chi connectivity index (χ3v) is 7.52. The second-order valence-corrected chi connectivity index (χ2v) is 9.49. The van der Waals surface area contributed by atoms with Gasteiger partial charge in [-0.1, -0.05) is 24.6 Å². The normalized spacial score (nSPS) is 15.8. The van der Waals surface area contributed by atoms with Gasteiger partial charge in [-0.05, 0) is 32.0 Å². The van der Waals surface area contributed by atoms with E-state index in [4.69, 9.17) is 0 Å². The molecule has 0 aliphatic carbocycles. The molecule has 0 saturated carbocycles. The molecule has 0 atom stereocenters. The molecule has 1 fully saturated rings. The number of hydrogen-bond acceptors (Lipinski definition) is 5. The maximum absolute atomic E-state index is 13.3. The second-order valence-electron chi connectivity index (χ2n) is 7.55. The standard InChI is InChI=1S/C21H27N5O3S/c1-4-20-22-26(5-2)21(27)19-14-18(15-25(19)20)30(28,29)24-12-10-23(11-13-24)17-8-6-16(3)7-9-17/h6-9,14-15H,4-5,10-13H2,1-3H3. The fraction of sp³-hybridized carbons (Fsp3) is 0.429. The van der Waals surface area contributed by atoms with E-state index in [-0.39, 0.29) is 10.5 Å². The molecule has 0 bridgehead atoms. The largest absolute Gasteiger partial charge is 0.369 e. The first-order valence-corrected chi connectivity index (χ1v) is 11.7. The molecule has 0 radical (unpaired) electrons. The van der Waals surface area contributed by atoms with E-state index in [9.17, 15) is 13.2 Å². The highest BCUT2D eigenvalue weighted by atomic mass is 32.2. The minimum atomic E-state index is -3.69. The first kappa shape index (κ1) is 20.6. The summed E-state index contributed by atoms with van der Waals surface area (Å²) in [4.78, 5) is 15.0. The summed E-state index contributed by atoms with van der Waals surface area (Å²) in [5, 5.41) is 4.35. The lowest BCUT2D eigenvalue weighted by Crippen LogP contribution is -2.48. The number of rotatable bonds is 5. The predicted octanol–water partition coefficient (Wildman–Crippen LogP) is 1.90. The van der Waals surface area contributed by atoms with Gasteiger partial charge in [0, 0.05) is 51.0 Å². The summed E-state index contributed by atoms with van der Waals surface area (Å²) in [7, 11) is -3.69. The van der Waals surface area contributed by atoms with Crippen molar-refractivity contribution in [2.75, 3.05) is 31.1 Å². The van der Waals surface area contributed by atoms with Crippen molar-refractivity contribution >= 4 is 21.2 Å². The molecule has 2 aromatic heterocycles. The fourth-order valence-electron chi connectivity index (χ4n) is 3.87. The lowest BCUT2D eigenvalue weighted by Gasteiger charge is -2.35. The average Bonchev–Trinajstić information content (AvgIpc) is 3.22. The summed E-state index contributed by atoms with van der Waals surface area (Å²) in [5.74, 6) is 0.664. The van der Waals surface area contributed by atoms with Crippen molar-refractivity contribution in [3.8, 4) is 0 Å². The molecule has 160 valence electrons. The molecular weight excluding hydrogens is 402 g/mol. The van der Waals surface area contributed by atoms with Crippen LogP contribution < -0.4 is 10.5 Å². The van der Waals surface area contributed by atoms with Crippen molar-refractivity contribution in [3.63, 3.8) is 0 Å². The van der Waals surface area contributed by atoms with Crippen LogP contribution in [0.2, 0.25) is 0 Å². The Hall–Kier alpha value is -2.65. The van der Waals surface area contributed by atoms with Gasteiger partial charge in [-0.25, -0.2) is 13.1 Å². The maximum Gasteiger partial charge on any atom is 0.291 e. The lowest BCUT2D eigenvalue weighted by molar-refractivity contribution is 0.385. The van der Waals surface area contributed by atoms with Gasteiger partial charge in [0.05, 0.1) is 0 Å². The Kier molecular flexibility index (Phi) is 5.42. The Labute approximate surface area is 176 Å². The Morgan fingerprint density at radius 2 is 1.70 bits per heavy atom. The highest BCUT2D eigenvalue weighted by molar-refractivity contribution is 7.89. The molecule has 4 rings (SSSR count). The third kappa shape index (κ3) is 3.52. The van der Waals surface area contributed by atoms with E-state index in [0.717, 1.165) is 5.69 Å². The summed E-state index contributed by atoms with van der Waals surface area (Å²) >= 11 is 0. The van der Waals surface area contributed by atoms with Crippen molar-refractivity contribution in [1.82, 2.24) is 18.5 Å². The van der Waals surface area contributed by atoms with Crippen molar-refractivity contribution in [3.05, 3.63) is 58.3 Å². The van der Waals surface area contributed by atoms with E-state index in [1.54, 1.807) is 4.40 Å². The van der Waals surface area contributed by atoms with E-state index in [1.807, 2.05) is 20.8 Å². The van der Waals surface area contributed by atoms with Crippen LogP contribution in [0, 0.1) is 6.92 Å². The van der Waals surface area contributed by atoms with Gasteiger partial charge in [-0.3, -0.25) is 9.20 Å². The molecule has 0 unspecified atom stereocenters. The first-order chi connectivity index (χ1) is 14.3. The van der Waals surface area contributed by atoms with Crippen LogP contribution in [0.5, 0.6) is 0 Å². The predicted molar refractivity (Wildman–Crippen MR) is 117 cm³/mol. The number of aryl methyl sites for hydroxylation is 3. The summed E-state index contributed by atoms with van der Waals surface area (Å²) in [5.41, 5.74) is 2.37. The second kappa shape index (κ2) is 7.88. The highest BCUT2D eigenvalue weighted by Gasteiger charge is 2.30. The highest BCUT2D eigenvalue weighted by Crippen LogP contribution is 2.23. The van der Waals surface area contributed by atoms with E-state index >= 15 is 0 Å². The molecule has 0 N–H and O–H groups in total. The molecule has 1 aromatic carbocycles. The smallest absolute Gasteiger partial charge is 0.291 e. The topological polar surface area (TPSA) is 79.9 Å². The monoisotopic (exact) mass is 429 g/mol. The molecule has 0 amide bonds. The number of benzene rings is 1. The van der Waals surface area contributed by atoms with Crippen LogP contribution in [-0.4, -0.2) is 53.1 Å². The molecular formula is C21H27N5O3S. The quantitative estimate of drug-likeness (QED) is 0.619. The van der Waals surface area contributed by atoms with E-state index < -0.39 is 10.0 Å². The van der Waals surface area contributed by atoms with E-state index in [0.29, 0.717) is 50.5 Å². The number of aromatic nitrogens is 3. The van der Waals surface area contributed by atoms with Crippen molar-refractivity contribution in [2.45, 2.75) is 38.6 Å². The van der Waals surface area contributed by atoms with Crippen LogP contribution >= 0.6 is 0 Å². The molecule has 3 aromatic rings. The van der Waals surface area contributed by atoms with Gasteiger partial charge in [-0.15, -0.1) is 0 Å². The summed E-state index contributed by atoms with van der Waals surface area (Å²) in [6, 6.07) is 9.74. The number of piperazine rings is 1. The number of nitrogens with zero attached hydrogens (tertiary/aromatic N) is 5. The van der Waals surface area contributed by atoms with Crippen molar-refractivity contribution in [1.29, 1.82) is 0 Å². The van der Waals surface area contributed by atoms with Gasteiger partial charge < -0.3 is 4.90 Å². The zero-order valence-corrected chi connectivity index (χ0v) is 18.4. The van der Waals surface area contributed by atoms with Crippen molar-refractivity contribution in [2.24, 2.45) is 0 Å². The Morgan fingerprint density at radius 1 is 1.03 bits per heavy atom. The van der Waals surface area contributed by atoms with Gasteiger partial charge in [0.15, 0.2) is 0 Å². The van der Waals surface area contributed by atoms with Gasteiger partial charge in [-0.2, -0.15) is 9.40 Å². The minimum absolute atomic E-state index is 0.147. The summed E-state index contributed by atoms with van der Waals surface area (Å²) in [6.07, 6.45) is 2.13. The number of sulfonamides is 1. The Balaban J connectivity index is 1.61. The molecule has 0 spiro atoms. The third-order valence-electron chi connectivity index (χ3n) is 5.65. The molecule has 30 heavy (non-hydrogen) atoms. The van der Waals surface area contributed by atoms with Crippen LogP contribution in [-0.2, 0) is 23.0 Å². The number of anilines is 1. The minimum Gasteiger partial charge on any atom is -0.369 e. The molecule has 1 aliphatic rings. The Morgan fingerprint density at radius 3 is 2.30 bits per heavy atom. The number of fused-ring (bicyclic) bond motifs is 1. The maximum atomic E-state index is 13.3. The SMILES string of the molecule is CCc1nn(CC)c(=O)c2cc(S(=O)(=O)N3CCN(c4ccc(C)cc4)CC3)cn12. The van der Waals surface area contributed by atoms with Crippen LogP contribution in [0.25, 0.3) is 5.52 Å². The van der Waals surface area contributed by atoms with Crippen LogP contribution in [0.15, 0.2) is 46.2 Å². The van der Waals surface area contributed by atoms with Gasteiger partial charge in [0.2, 0.25) is 10.0 Å². The van der Waals surface area contributed by atoms with E-state index in [1.165, 1.54) is 26.8 Å². The van der Waals surface area contributed by atoms with Crippen LogP contribution in [0.3, 0.4) is 0 Å². The Bertz CT molecular complexity index is 1220. The zero-order chi connectivity index (χ0) is 21.5. The fourth-order valence-corrected chi connectivity index (χ4v) is 5.31. The zero-order valence-electron chi connectivity index (χ0n) is 17.6. The average molecular weight is 430 g/mol. The summed E-state index contributed by atoms with van der Waals surface area (Å²) < 4.78 is 31.0. The molecule has 8 nitrogen and oxygen atoms in total.